The summed E-state index contributed by atoms with van der Waals surface area (Å²) in [6.07, 6.45) is -0.645. The molecule has 0 spiro atoms. The minimum atomic E-state index is -0.917. The Morgan fingerprint density at radius 3 is 2.32 bits per heavy atom. The lowest BCUT2D eigenvalue weighted by Crippen LogP contribution is -2.54. The van der Waals surface area contributed by atoms with Crippen molar-refractivity contribution in [3.8, 4) is 11.1 Å². The van der Waals surface area contributed by atoms with Gasteiger partial charge in [-0.25, -0.2) is 4.79 Å². The van der Waals surface area contributed by atoms with E-state index in [2.05, 4.69) is 29.6 Å². The molecule has 2 aromatic carbocycles. The van der Waals surface area contributed by atoms with Gasteiger partial charge in [-0.05, 0) is 36.1 Å². The zero-order valence-electron chi connectivity index (χ0n) is 19.5. The van der Waals surface area contributed by atoms with Crippen LogP contribution in [0, 0.1) is 5.41 Å². The average Bonchev–Trinajstić information content (AvgIpc) is 3.15. The number of hydrogen-bond acceptors (Lipinski definition) is 5. The van der Waals surface area contributed by atoms with Crippen LogP contribution in [0.3, 0.4) is 0 Å². The van der Waals surface area contributed by atoms with Gasteiger partial charge in [-0.15, -0.1) is 0 Å². The van der Waals surface area contributed by atoms with Gasteiger partial charge in [0.15, 0.2) is 0 Å². The largest absolute Gasteiger partial charge is 0.481 e. The van der Waals surface area contributed by atoms with Crippen molar-refractivity contribution in [2.75, 3.05) is 31.2 Å². The molecule has 180 valence electrons. The van der Waals surface area contributed by atoms with E-state index in [-0.39, 0.29) is 37.4 Å². The molecule has 1 fully saturated rings. The SMILES string of the molecule is CC(C)(CNC(=O)OCC1c2ccccc2-c2ccccc21)C(=O)N1CCSCC1CC(=O)O. The maximum atomic E-state index is 13.2. The number of hydrogen-bond donors (Lipinski definition) is 2. The molecule has 8 heteroatoms. The number of ether oxygens (including phenoxy) is 1. The third-order valence-corrected chi connectivity index (χ3v) is 7.59. The third-order valence-electron chi connectivity index (χ3n) is 6.50. The Kier molecular flexibility index (Phi) is 7.16. The van der Waals surface area contributed by atoms with Crippen LogP contribution in [0.4, 0.5) is 4.79 Å². The van der Waals surface area contributed by atoms with Crippen molar-refractivity contribution in [1.82, 2.24) is 10.2 Å². The standard InChI is InChI=1S/C26H30N2O5S/c1-26(2,24(31)28-11-12-34-15-17(28)13-23(29)30)16-27-25(32)33-14-22-20-9-5-3-7-18(20)19-8-4-6-10-21(19)22/h3-10,17,22H,11-16H2,1-2H3,(H,27,32)(H,29,30). The fraction of sp³-hybridized carbons (Fsp3) is 0.423. The number of rotatable bonds is 7. The van der Waals surface area contributed by atoms with Crippen LogP contribution in [0.2, 0.25) is 0 Å². The van der Waals surface area contributed by atoms with Crippen molar-refractivity contribution in [2.45, 2.75) is 32.2 Å². The van der Waals surface area contributed by atoms with Crippen LogP contribution < -0.4 is 5.32 Å². The van der Waals surface area contributed by atoms with Crippen molar-refractivity contribution >= 4 is 29.7 Å². The highest BCUT2D eigenvalue weighted by Gasteiger charge is 2.38. The molecule has 0 radical (unpaired) electrons. The van der Waals surface area contributed by atoms with Gasteiger partial charge in [0.05, 0.1) is 17.9 Å². The van der Waals surface area contributed by atoms with Gasteiger partial charge >= 0.3 is 12.1 Å². The first-order valence-electron chi connectivity index (χ1n) is 11.5. The van der Waals surface area contributed by atoms with E-state index in [0.717, 1.165) is 28.0 Å². The van der Waals surface area contributed by atoms with Crippen molar-refractivity contribution in [3.63, 3.8) is 0 Å². The fourth-order valence-corrected chi connectivity index (χ4v) is 5.76. The Morgan fingerprint density at radius 1 is 1.09 bits per heavy atom. The monoisotopic (exact) mass is 482 g/mol. The van der Waals surface area contributed by atoms with Crippen molar-refractivity contribution in [3.05, 3.63) is 59.7 Å². The Bertz CT molecular complexity index is 1040. The van der Waals surface area contributed by atoms with Gasteiger partial charge < -0.3 is 20.1 Å². The van der Waals surface area contributed by atoms with Crippen molar-refractivity contribution in [1.29, 1.82) is 0 Å². The lowest BCUT2D eigenvalue weighted by Gasteiger charge is -2.39. The summed E-state index contributed by atoms with van der Waals surface area (Å²) in [5, 5.41) is 11.9. The van der Waals surface area contributed by atoms with Crippen molar-refractivity contribution < 1.29 is 24.2 Å². The molecular formula is C26H30N2O5S. The van der Waals surface area contributed by atoms with E-state index >= 15 is 0 Å². The molecule has 1 aliphatic heterocycles. The summed E-state index contributed by atoms with van der Waals surface area (Å²) in [6, 6.07) is 15.9. The Morgan fingerprint density at radius 2 is 1.71 bits per heavy atom. The number of alkyl carbamates (subject to hydrolysis) is 1. The van der Waals surface area contributed by atoms with Crippen LogP contribution in [-0.2, 0) is 14.3 Å². The van der Waals surface area contributed by atoms with E-state index in [9.17, 15) is 19.5 Å². The number of nitrogens with zero attached hydrogens (tertiary/aromatic N) is 1. The fourth-order valence-electron chi connectivity index (χ4n) is 4.70. The molecule has 0 bridgehead atoms. The highest BCUT2D eigenvalue weighted by atomic mass is 32.2. The lowest BCUT2D eigenvalue weighted by atomic mass is 9.90. The number of benzene rings is 2. The summed E-state index contributed by atoms with van der Waals surface area (Å²) in [7, 11) is 0. The van der Waals surface area contributed by atoms with Gasteiger partial charge in [-0.1, -0.05) is 48.5 Å². The predicted octanol–water partition coefficient (Wildman–Crippen LogP) is 3.97. The van der Waals surface area contributed by atoms with Crippen LogP contribution in [0.25, 0.3) is 11.1 Å². The number of carboxylic acid groups (broad SMARTS) is 1. The summed E-state index contributed by atoms with van der Waals surface area (Å²) in [4.78, 5) is 38.6. The van der Waals surface area contributed by atoms with Gasteiger partial charge in [0, 0.05) is 30.5 Å². The van der Waals surface area contributed by atoms with E-state index < -0.39 is 17.5 Å². The van der Waals surface area contributed by atoms with Gasteiger partial charge in [-0.3, -0.25) is 9.59 Å². The maximum Gasteiger partial charge on any atom is 0.407 e. The molecule has 2 aliphatic rings. The summed E-state index contributed by atoms with van der Waals surface area (Å²) in [6.45, 7) is 4.34. The highest BCUT2D eigenvalue weighted by molar-refractivity contribution is 7.99. The molecule has 4 rings (SSSR count). The number of fused-ring (bicyclic) bond motifs is 3. The second kappa shape index (κ2) is 10.1. The molecule has 1 atom stereocenters. The number of carbonyl (C=O) groups is 3. The molecule has 0 saturated carbocycles. The molecule has 1 aliphatic carbocycles. The van der Waals surface area contributed by atoms with Gasteiger partial charge in [0.1, 0.15) is 6.61 Å². The van der Waals surface area contributed by atoms with E-state index in [1.807, 2.05) is 24.3 Å². The minimum Gasteiger partial charge on any atom is -0.481 e. The molecule has 1 heterocycles. The molecule has 1 saturated heterocycles. The predicted molar refractivity (Wildman–Crippen MR) is 132 cm³/mol. The molecule has 7 nitrogen and oxygen atoms in total. The van der Waals surface area contributed by atoms with Crippen LogP contribution in [0.15, 0.2) is 48.5 Å². The highest BCUT2D eigenvalue weighted by Crippen LogP contribution is 2.44. The first-order valence-corrected chi connectivity index (χ1v) is 12.6. The molecule has 2 amide bonds. The smallest absolute Gasteiger partial charge is 0.407 e. The number of carboxylic acids is 1. The second-order valence-electron chi connectivity index (χ2n) is 9.39. The molecular weight excluding hydrogens is 452 g/mol. The summed E-state index contributed by atoms with van der Waals surface area (Å²) in [5.74, 6) is 0.277. The topological polar surface area (TPSA) is 95.9 Å². The number of amides is 2. The lowest BCUT2D eigenvalue weighted by molar-refractivity contribution is -0.144. The summed E-state index contributed by atoms with van der Waals surface area (Å²) in [5.41, 5.74) is 3.72. The van der Waals surface area contributed by atoms with E-state index in [4.69, 9.17) is 4.74 Å². The van der Waals surface area contributed by atoms with Crippen LogP contribution in [0.1, 0.15) is 37.3 Å². The summed E-state index contributed by atoms with van der Waals surface area (Å²) >= 11 is 1.66. The van der Waals surface area contributed by atoms with Crippen LogP contribution >= 0.6 is 11.8 Å². The van der Waals surface area contributed by atoms with Crippen LogP contribution in [0.5, 0.6) is 0 Å². The second-order valence-corrected chi connectivity index (χ2v) is 10.5. The number of thioether (sulfide) groups is 1. The van der Waals surface area contributed by atoms with E-state index in [0.29, 0.717) is 12.3 Å². The molecule has 0 aromatic heterocycles. The van der Waals surface area contributed by atoms with E-state index in [1.165, 1.54) is 0 Å². The zero-order chi connectivity index (χ0) is 24.3. The molecule has 2 N–H and O–H groups in total. The first-order chi connectivity index (χ1) is 16.3. The zero-order valence-corrected chi connectivity index (χ0v) is 20.3. The third kappa shape index (κ3) is 5.06. The number of nitrogens with one attached hydrogen (secondary N) is 1. The quantitative estimate of drug-likeness (QED) is 0.620. The van der Waals surface area contributed by atoms with Gasteiger partial charge in [-0.2, -0.15) is 11.8 Å². The average molecular weight is 483 g/mol. The molecule has 34 heavy (non-hydrogen) atoms. The normalized spacial score (nSPS) is 17.6. The van der Waals surface area contributed by atoms with E-state index in [1.54, 1.807) is 30.5 Å². The Hall–Kier alpha value is -3.00. The molecule has 1 unspecified atom stereocenters. The summed E-state index contributed by atoms with van der Waals surface area (Å²) < 4.78 is 5.58. The Balaban J connectivity index is 1.35. The van der Waals surface area contributed by atoms with Crippen LogP contribution in [-0.4, -0.2) is 65.2 Å². The maximum absolute atomic E-state index is 13.2. The Labute approximate surface area is 203 Å². The molecule has 2 aromatic rings. The number of aliphatic carboxylic acids is 1. The van der Waals surface area contributed by atoms with Gasteiger partial charge in [0.2, 0.25) is 5.91 Å². The first kappa shape index (κ1) is 24.1. The number of carbonyl (C=O) groups excluding carboxylic acids is 2. The van der Waals surface area contributed by atoms with Gasteiger partial charge in [0.25, 0.3) is 0 Å². The van der Waals surface area contributed by atoms with Crippen molar-refractivity contribution in [2.24, 2.45) is 5.41 Å². The minimum absolute atomic E-state index is 0.0320.